The Morgan fingerprint density at radius 3 is 3.18 bits per heavy atom. The first-order valence-electron chi connectivity index (χ1n) is 7.56. The summed E-state index contributed by atoms with van der Waals surface area (Å²) in [5.74, 6) is 0. The van der Waals surface area contributed by atoms with Crippen molar-refractivity contribution in [3.63, 3.8) is 0 Å². The van der Waals surface area contributed by atoms with E-state index in [9.17, 15) is 0 Å². The maximum absolute atomic E-state index is 5.77. The van der Waals surface area contributed by atoms with Crippen molar-refractivity contribution in [1.82, 2.24) is 9.97 Å². The highest BCUT2D eigenvalue weighted by Gasteiger charge is 2.23. The van der Waals surface area contributed by atoms with E-state index in [-0.39, 0.29) is 12.2 Å². The van der Waals surface area contributed by atoms with Gasteiger partial charge in [-0.05, 0) is 26.0 Å². The average molecular weight is 319 g/mol. The summed E-state index contributed by atoms with van der Waals surface area (Å²) in [7, 11) is 0. The molecule has 0 radical (unpaired) electrons. The fourth-order valence-electron chi connectivity index (χ4n) is 2.35. The lowest BCUT2D eigenvalue weighted by Gasteiger charge is -2.32. The average Bonchev–Trinajstić information content (AvgIpc) is 3.04. The molecule has 0 bridgehead atoms. The molecule has 3 rings (SSSR count). The summed E-state index contributed by atoms with van der Waals surface area (Å²) in [6.45, 7) is 7.14. The molecule has 118 valence electrons. The number of thiazole rings is 1. The molecule has 0 N–H and O–H groups in total. The van der Waals surface area contributed by atoms with E-state index in [2.05, 4.69) is 15.3 Å². The van der Waals surface area contributed by atoms with E-state index in [1.54, 1.807) is 17.5 Å². The van der Waals surface area contributed by atoms with Crippen LogP contribution in [0, 0.1) is 0 Å². The van der Waals surface area contributed by atoms with Crippen molar-refractivity contribution in [3.05, 3.63) is 29.9 Å². The molecule has 6 heteroatoms. The van der Waals surface area contributed by atoms with Crippen LogP contribution in [-0.2, 0) is 9.47 Å². The molecule has 1 saturated heterocycles. The van der Waals surface area contributed by atoms with Gasteiger partial charge in [0.25, 0.3) is 0 Å². The van der Waals surface area contributed by atoms with Crippen LogP contribution in [-0.4, -0.2) is 48.5 Å². The standard InChI is InChI=1S/C16H21N3O2S/c1-12(2)21-10-14-9-19(6-7-20-14)16-18-15(11-22-16)13-4-3-5-17-8-13/h3-5,8,11-12,14H,6-7,9-10H2,1-2H3/t14-/m1/s1. The van der Waals surface area contributed by atoms with Gasteiger partial charge in [0.1, 0.15) is 0 Å². The van der Waals surface area contributed by atoms with Gasteiger partial charge in [0, 0.05) is 36.4 Å². The number of aromatic nitrogens is 2. The zero-order valence-electron chi connectivity index (χ0n) is 12.9. The van der Waals surface area contributed by atoms with E-state index < -0.39 is 0 Å². The number of rotatable bonds is 5. The van der Waals surface area contributed by atoms with Crippen molar-refractivity contribution in [3.8, 4) is 11.3 Å². The third-order valence-corrected chi connectivity index (χ3v) is 4.38. The molecule has 1 fully saturated rings. The Hall–Kier alpha value is -1.50. The second-order valence-corrected chi connectivity index (χ2v) is 6.41. The van der Waals surface area contributed by atoms with Gasteiger partial charge in [-0.15, -0.1) is 11.3 Å². The molecular formula is C16H21N3O2S. The molecule has 0 spiro atoms. The molecule has 22 heavy (non-hydrogen) atoms. The molecule has 0 aliphatic carbocycles. The van der Waals surface area contributed by atoms with Gasteiger partial charge in [0.05, 0.1) is 31.1 Å². The van der Waals surface area contributed by atoms with Gasteiger partial charge in [0.2, 0.25) is 0 Å². The first-order valence-corrected chi connectivity index (χ1v) is 8.44. The van der Waals surface area contributed by atoms with Crippen LogP contribution in [0.25, 0.3) is 11.3 Å². The molecule has 2 aromatic rings. The fourth-order valence-corrected chi connectivity index (χ4v) is 3.22. The monoisotopic (exact) mass is 319 g/mol. The predicted octanol–water partition coefficient (Wildman–Crippen LogP) is 2.84. The zero-order valence-corrected chi connectivity index (χ0v) is 13.8. The minimum Gasteiger partial charge on any atom is -0.376 e. The summed E-state index contributed by atoms with van der Waals surface area (Å²) in [6.07, 6.45) is 3.97. The van der Waals surface area contributed by atoms with Crippen LogP contribution in [0.2, 0.25) is 0 Å². The minimum atomic E-state index is 0.113. The number of morpholine rings is 1. The van der Waals surface area contributed by atoms with Gasteiger partial charge < -0.3 is 14.4 Å². The second-order valence-electron chi connectivity index (χ2n) is 5.58. The quantitative estimate of drug-likeness (QED) is 0.848. The zero-order chi connectivity index (χ0) is 15.4. The largest absolute Gasteiger partial charge is 0.376 e. The van der Waals surface area contributed by atoms with Crippen molar-refractivity contribution in [2.45, 2.75) is 26.1 Å². The van der Waals surface area contributed by atoms with Gasteiger partial charge in [0.15, 0.2) is 5.13 Å². The van der Waals surface area contributed by atoms with E-state index in [1.807, 2.05) is 32.2 Å². The number of anilines is 1. The second kappa shape index (κ2) is 7.17. The summed E-state index contributed by atoms with van der Waals surface area (Å²) < 4.78 is 11.4. The van der Waals surface area contributed by atoms with Crippen LogP contribution in [0.15, 0.2) is 29.9 Å². The molecule has 1 atom stereocenters. The van der Waals surface area contributed by atoms with Gasteiger partial charge in [-0.3, -0.25) is 4.98 Å². The Kier molecular flexibility index (Phi) is 5.02. The van der Waals surface area contributed by atoms with E-state index in [4.69, 9.17) is 14.5 Å². The Morgan fingerprint density at radius 1 is 1.50 bits per heavy atom. The lowest BCUT2D eigenvalue weighted by atomic mass is 10.2. The van der Waals surface area contributed by atoms with Crippen LogP contribution < -0.4 is 4.90 Å². The topological polar surface area (TPSA) is 47.5 Å². The van der Waals surface area contributed by atoms with Crippen LogP contribution >= 0.6 is 11.3 Å². The van der Waals surface area contributed by atoms with Crippen molar-refractivity contribution in [1.29, 1.82) is 0 Å². The number of hydrogen-bond donors (Lipinski definition) is 0. The van der Waals surface area contributed by atoms with Crippen molar-refractivity contribution < 1.29 is 9.47 Å². The van der Waals surface area contributed by atoms with Gasteiger partial charge in [-0.25, -0.2) is 4.98 Å². The molecule has 0 saturated carbocycles. The molecule has 0 aromatic carbocycles. The molecule has 1 aliphatic rings. The maximum atomic E-state index is 5.77. The molecule has 5 nitrogen and oxygen atoms in total. The van der Waals surface area contributed by atoms with Gasteiger partial charge >= 0.3 is 0 Å². The predicted molar refractivity (Wildman–Crippen MR) is 88.4 cm³/mol. The number of ether oxygens (including phenoxy) is 2. The summed E-state index contributed by atoms with van der Waals surface area (Å²) in [6, 6.07) is 3.97. The van der Waals surface area contributed by atoms with E-state index in [1.165, 1.54) is 0 Å². The van der Waals surface area contributed by atoms with Crippen molar-refractivity contribution >= 4 is 16.5 Å². The highest BCUT2D eigenvalue weighted by Crippen LogP contribution is 2.28. The normalized spacial score (nSPS) is 18.9. The number of nitrogens with zero attached hydrogens (tertiary/aromatic N) is 3. The Labute approximate surface area is 134 Å². The van der Waals surface area contributed by atoms with Gasteiger partial charge in [-0.2, -0.15) is 0 Å². The van der Waals surface area contributed by atoms with Crippen LogP contribution in [0.4, 0.5) is 5.13 Å². The van der Waals surface area contributed by atoms with E-state index >= 15 is 0 Å². The highest BCUT2D eigenvalue weighted by molar-refractivity contribution is 7.14. The molecule has 0 amide bonds. The Balaban J connectivity index is 1.65. The lowest BCUT2D eigenvalue weighted by Crippen LogP contribution is -2.44. The van der Waals surface area contributed by atoms with Crippen LogP contribution in [0.1, 0.15) is 13.8 Å². The maximum Gasteiger partial charge on any atom is 0.186 e. The minimum absolute atomic E-state index is 0.113. The first kappa shape index (κ1) is 15.4. The molecule has 3 heterocycles. The summed E-state index contributed by atoms with van der Waals surface area (Å²) in [5, 5.41) is 3.12. The lowest BCUT2D eigenvalue weighted by molar-refractivity contribution is -0.0405. The summed E-state index contributed by atoms with van der Waals surface area (Å²) in [4.78, 5) is 11.2. The number of hydrogen-bond acceptors (Lipinski definition) is 6. The van der Waals surface area contributed by atoms with Crippen LogP contribution in [0.5, 0.6) is 0 Å². The third-order valence-electron chi connectivity index (χ3n) is 3.47. The molecule has 1 aliphatic heterocycles. The summed E-state index contributed by atoms with van der Waals surface area (Å²) >= 11 is 1.67. The van der Waals surface area contributed by atoms with Gasteiger partial charge in [-0.1, -0.05) is 0 Å². The SMILES string of the molecule is CC(C)OC[C@H]1CN(c2nc(-c3cccnc3)cs2)CCO1. The third kappa shape index (κ3) is 3.82. The van der Waals surface area contributed by atoms with Crippen molar-refractivity contribution in [2.75, 3.05) is 31.2 Å². The fraction of sp³-hybridized carbons (Fsp3) is 0.500. The molecular weight excluding hydrogens is 298 g/mol. The molecule has 0 unspecified atom stereocenters. The Bertz CT molecular complexity index is 588. The highest BCUT2D eigenvalue weighted by atomic mass is 32.1. The van der Waals surface area contributed by atoms with E-state index in [0.717, 1.165) is 29.5 Å². The van der Waals surface area contributed by atoms with Crippen molar-refractivity contribution in [2.24, 2.45) is 0 Å². The first-order chi connectivity index (χ1) is 10.7. The molecule has 2 aromatic heterocycles. The summed E-state index contributed by atoms with van der Waals surface area (Å²) in [5.41, 5.74) is 2.03. The van der Waals surface area contributed by atoms with Crippen LogP contribution in [0.3, 0.4) is 0 Å². The Morgan fingerprint density at radius 2 is 2.41 bits per heavy atom. The number of pyridine rings is 1. The smallest absolute Gasteiger partial charge is 0.186 e. The van der Waals surface area contributed by atoms with E-state index in [0.29, 0.717) is 13.2 Å².